The average Bonchev–Trinajstić information content (AvgIpc) is 3.07. The summed E-state index contributed by atoms with van der Waals surface area (Å²) in [6, 6.07) is 9.32. The maximum absolute atomic E-state index is 13.1. The van der Waals surface area contributed by atoms with Gasteiger partial charge < -0.3 is 15.6 Å². The Morgan fingerprint density at radius 2 is 1.70 bits per heavy atom. The van der Waals surface area contributed by atoms with Gasteiger partial charge in [0.25, 0.3) is 0 Å². The van der Waals surface area contributed by atoms with Gasteiger partial charge >= 0.3 is 6.18 Å². The lowest BCUT2D eigenvalue weighted by atomic mass is 10.1. The summed E-state index contributed by atoms with van der Waals surface area (Å²) in [6.45, 7) is 0. The zero-order valence-corrected chi connectivity index (χ0v) is 11.9. The van der Waals surface area contributed by atoms with Crippen molar-refractivity contribution >= 4 is 27.5 Å². The number of alkyl halides is 3. The Morgan fingerprint density at radius 3 is 2.39 bits per heavy atom. The first kappa shape index (κ1) is 14.3. The molecule has 6 N–H and O–H groups in total. The maximum atomic E-state index is 13.1. The molecule has 3 aromatic rings. The van der Waals surface area contributed by atoms with Gasteiger partial charge in [0.05, 0.1) is 11.7 Å². The van der Waals surface area contributed by atoms with Gasteiger partial charge in [-0.05, 0) is 24.3 Å². The van der Waals surface area contributed by atoms with E-state index >= 15 is 0 Å². The topological polar surface area (TPSA) is 83.1 Å². The van der Waals surface area contributed by atoms with Crippen molar-refractivity contribution in [2.24, 2.45) is 11.5 Å². The Kier molecular flexibility index (Phi) is 2.87. The van der Waals surface area contributed by atoms with Gasteiger partial charge in [-0.15, -0.1) is 0 Å². The summed E-state index contributed by atoms with van der Waals surface area (Å²) in [5.74, 6) is 0. The molecule has 0 aliphatic carbocycles. The molecule has 0 amide bonds. The third-order valence-electron chi connectivity index (χ3n) is 4.16. The zero-order chi connectivity index (χ0) is 16.4. The van der Waals surface area contributed by atoms with Crippen molar-refractivity contribution in [1.29, 1.82) is 0 Å². The number of nitrogens with one attached hydrogen (secondary N) is 2. The van der Waals surface area contributed by atoms with E-state index in [1.54, 1.807) is 6.07 Å². The van der Waals surface area contributed by atoms with Gasteiger partial charge in [0, 0.05) is 33.7 Å². The molecule has 2 unspecified atom stereocenters. The molecule has 0 saturated heterocycles. The number of aromatic amines is 1. The van der Waals surface area contributed by atoms with Crippen LogP contribution in [0.1, 0.15) is 0 Å². The van der Waals surface area contributed by atoms with Crippen molar-refractivity contribution in [2.75, 3.05) is 4.90 Å². The molecule has 4 rings (SSSR count). The van der Waals surface area contributed by atoms with E-state index in [1.165, 1.54) is 4.90 Å². The number of fused-ring (bicyclic) bond motifs is 5. The quantitative estimate of drug-likeness (QED) is 0.553. The van der Waals surface area contributed by atoms with E-state index in [2.05, 4.69) is 10.3 Å². The molecule has 0 spiro atoms. The van der Waals surface area contributed by atoms with Gasteiger partial charge in [-0.1, -0.05) is 6.07 Å². The van der Waals surface area contributed by atoms with Crippen LogP contribution < -0.4 is 21.7 Å². The van der Waals surface area contributed by atoms with Crippen LogP contribution in [0.3, 0.4) is 0 Å². The van der Waals surface area contributed by atoms with Crippen LogP contribution in [0.4, 0.5) is 18.9 Å². The second-order valence-corrected chi connectivity index (χ2v) is 5.59. The second-order valence-electron chi connectivity index (χ2n) is 5.59. The van der Waals surface area contributed by atoms with Crippen LogP contribution in [0.25, 0.3) is 21.8 Å². The van der Waals surface area contributed by atoms with Crippen LogP contribution >= 0.6 is 0 Å². The van der Waals surface area contributed by atoms with E-state index in [1.807, 2.05) is 24.3 Å². The van der Waals surface area contributed by atoms with Crippen molar-refractivity contribution in [3.05, 3.63) is 42.1 Å². The highest BCUT2D eigenvalue weighted by atomic mass is 19.4. The number of rotatable bonds is 1. The van der Waals surface area contributed by atoms with Gasteiger partial charge in [-0.2, -0.15) is 13.2 Å². The minimum Gasteiger partial charge on any atom is -0.355 e. The molecule has 0 radical (unpaired) electrons. The van der Waals surface area contributed by atoms with E-state index in [0.717, 1.165) is 28.0 Å². The molecule has 1 aliphatic heterocycles. The molecule has 2 atom stereocenters. The first-order valence-corrected chi connectivity index (χ1v) is 7.03. The number of hydrogen-bond acceptors (Lipinski definition) is 4. The highest BCUT2D eigenvalue weighted by molar-refractivity contribution is 6.10. The van der Waals surface area contributed by atoms with Gasteiger partial charge in [0.2, 0.25) is 0 Å². The predicted molar refractivity (Wildman–Crippen MR) is 82.7 cm³/mol. The summed E-state index contributed by atoms with van der Waals surface area (Å²) in [7, 11) is 0. The van der Waals surface area contributed by atoms with E-state index in [9.17, 15) is 13.2 Å². The Bertz CT molecular complexity index is 897. The van der Waals surface area contributed by atoms with Crippen LogP contribution in [0.5, 0.6) is 0 Å². The smallest absolute Gasteiger partial charge is 0.355 e. The molecule has 8 heteroatoms. The summed E-state index contributed by atoms with van der Waals surface area (Å²) < 4.78 is 39.2. The number of halogens is 3. The van der Waals surface area contributed by atoms with Crippen molar-refractivity contribution in [3.63, 3.8) is 0 Å². The number of H-pyrrole nitrogens is 1. The summed E-state index contributed by atoms with van der Waals surface area (Å²) in [4.78, 5) is 4.56. The van der Waals surface area contributed by atoms with Crippen LogP contribution in [0, 0.1) is 0 Å². The lowest BCUT2D eigenvalue weighted by molar-refractivity contribution is -0.0979. The fourth-order valence-corrected chi connectivity index (χ4v) is 3.01. The highest BCUT2D eigenvalue weighted by Gasteiger charge is 2.41. The molecule has 0 fully saturated rings. The minimum absolute atomic E-state index is 0.563. The van der Waals surface area contributed by atoms with E-state index in [4.69, 9.17) is 11.5 Å². The lowest BCUT2D eigenvalue weighted by Gasteiger charge is -2.37. The molecule has 1 aliphatic rings. The van der Waals surface area contributed by atoms with Crippen molar-refractivity contribution < 1.29 is 13.2 Å². The van der Waals surface area contributed by atoms with Gasteiger partial charge in [-0.25, -0.2) is 0 Å². The number of hydrogen-bond donors (Lipinski definition) is 4. The zero-order valence-electron chi connectivity index (χ0n) is 11.9. The predicted octanol–water partition coefficient (Wildman–Crippen LogP) is 2.14. The summed E-state index contributed by atoms with van der Waals surface area (Å²) >= 11 is 0. The van der Waals surface area contributed by atoms with Crippen molar-refractivity contribution in [2.45, 2.75) is 18.6 Å². The second kappa shape index (κ2) is 4.60. The van der Waals surface area contributed by atoms with Crippen molar-refractivity contribution in [1.82, 2.24) is 10.3 Å². The largest absolute Gasteiger partial charge is 0.416 e. The number of nitrogens with zero attached hydrogens (tertiary/aromatic N) is 1. The Morgan fingerprint density at radius 1 is 1.00 bits per heavy atom. The molecule has 0 saturated carbocycles. The minimum atomic E-state index is -4.52. The van der Waals surface area contributed by atoms with Gasteiger partial charge in [0.1, 0.15) is 6.29 Å². The number of benzene rings is 2. The highest BCUT2D eigenvalue weighted by Crippen LogP contribution is 2.34. The SMILES string of the molecule is NC1NC(N)N(c2ccc3c4ccc([nH]4)c3c2)C=C1C(F)(F)F. The Balaban J connectivity index is 1.82. The maximum Gasteiger partial charge on any atom is 0.416 e. The average molecular weight is 321 g/mol. The molecular weight excluding hydrogens is 307 g/mol. The van der Waals surface area contributed by atoms with Crippen LogP contribution in [-0.4, -0.2) is 23.6 Å². The summed E-state index contributed by atoms with van der Waals surface area (Å²) in [6.07, 6.45) is -5.73. The van der Waals surface area contributed by atoms with E-state index < -0.39 is 24.2 Å². The fourth-order valence-electron chi connectivity index (χ4n) is 3.01. The first-order valence-electron chi connectivity index (χ1n) is 7.03. The van der Waals surface area contributed by atoms with Crippen LogP contribution in [0.2, 0.25) is 0 Å². The van der Waals surface area contributed by atoms with Gasteiger partial charge in [0.15, 0.2) is 0 Å². The third kappa shape index (κ3) is 2.14. The standard InChI is InChI=1S/C15H14F3N5/c16-15(17,18)10-6-23(14(20)22-13(10)19)7-1-2-8-9(5-7)12-4-3-11(8)21-12/h1-6,13-14,21-22H,19-20H2. The number of nitrogens with two attached hydrogens (primary N) is 2. The molecule has 120 valence electrons. The molecule has 3 heterocycles. The van der Waals surface area contributed by atoms with Crippen LogP contribution in [0.15, 0.2) is 42.1 Å². The van der Waals surface area contributed by atoms with Crippen molar-refractivity contribution in [3.8, 4) is 0 Å². The third-order valence-corrected chi connectivity index (χ3v) is 4.16. The molecule has 2 aromatic heterocycles. The molecule has 2 bridgehead atoms. The monoisotopic (exact) mass is 321 g/mol. The first-order chi connectivity index (χ1) is 10.8. The van der Waals surface area contributed by atoms with E-state index in [-0.39, 0.29) is 0 Å². The Labute approximate surface area is 129 Å². The molecule has 1 aromatic carbocycles. The van der Waals surface area contributed by atoms with Gasteiger partial charge in [-0.3, -0.25) is 11.1 Å². The molecule has 5 nitrogen and oxygen atoms in total. The normalized spacial score (nSPS) is 23.0. The summed E-state index contributed by atoms with van der Waals surface area (Å²) in [5.41, 5.74) is 13.0. The number of anilines is 1. The summed E-state index contributed by atoms with van der Waals surface area (Å²) in [5, 5.41) is 4.52. The lowest BCUT2D eigenvalue weighted by Crippen LogP contribution is -2.62. The number of aromatic nitrogens is 1. The van der Waals surface area contributed by atoms with Crippen LogP contribution in [-0.2, 0) is 0 Å². The molecule has 23 heavy (non-hydrogen) atoms. The Hall–Kier alpha value is -2.29. The fraction of sp³-hybridized carbons (Fsp3) is 0.200. The molecular formula is C15H14F3N5. The van der Waals surface area contributed by atoms with E-state index in [0.29, 0.717) is 5.69 Å².